The van der Waals surface area contributed by atoms with Crippen molar-refractivity contribution < 1.29 is 4.42 Å². The van der Waals surface area contributed by atoms with Crippen molar-refractivity contribution >= 4 is 117 Å². The van der Waals surface area contributed by atoms with Crippen LogP contribution in [0.25, 0.3) is 43.2 Å². The first kappa shape index (κ1) is 58.4. The Labute approximate surface area is 573 Å². The van der Waals surface area contributed by atoms with Gasteiger partial charge in [-0.2, -0.15) is 0 Å². The molecule has 0 N–H and O–H groups in total. The van der Waals surface area contributed by atoms with E-state index in [4.69, 9.17) is 4.42 Å². The fraction of sp³-hybridized carbons (Fsp3) is 0.378. The SMILES string of the molecule is CC(C)(C)c1cc2c3c(c1)N(c1cccc4c1oc1ccccc14)c1cc(N(c4ccc(C5CCCCC5)cc4)c4ccc(C5CCCCC5)cc4)ccc1B3c1sc3cc4c(cc3c1N2c1ccc2c(c1)C1(c3ccccc3-2)C2CC3CC(C2)CC1C3)C(C)(C)CCC4(C)C. The van der Waals surface area contributed by atoms with Crippen LogP contribution in [0.5, 0.6) is 0 Å². The fourth-order valence-corrected chi connectivity index (χ4v) is 23.3. The average molecular weight is 1270 g/mol. The van der Waals surface area contributed by atoms with Crippen LogP contribution in [0.1, 0.15) is 208 Å². The third-order valence-corrected chi connectivity index (χ3v) is 27.8. The van der Waals surface area contributed by atoms with Gasteiger partial charge in [-0.1, -0.05) is 178 Å². The minimum absolute atomic E-state index is 0.0238. The summed E-state index contributed by atoms with van der Waals surface area (Å²) in [5.41, 5.74) is 29.0. The lowest BCUT2D eigenvalue weighted by Gasteiger charge is -2.61. The lowest BCUT2D eigenvalue weighted by atomic mass is 9.36. The highest BCUT2D eigenvalue weighted by atomic mass is 32.1. The lowest BCUT2D eigenvalue weighted by Crippen LogP contribution is -2.60. The minimum Gasteiger partial charge on any atom is -0.454 e. The van der Waals surface area contributed by atoms with Crippen molar-refractivity contribution in [2.24, 2.45) is 23.7 Å². The van der Waals surface area contributed by atoms with Crippen LogP contribution in [0, 0.1) is 23.7 Å². The Kier molecular flexibility index (Phi) is 12.8. The molecule has 0 atom stereocenters. The van der Waals surface area contributed by atoms with Gasteiger partial charge in [-0.25, -0.2) is 0 Å². The summed E-state index contributed by atoms with van der Waals surface area (Å²) in [6.07, 6.45) is 22.4. The first-order chi connectivity index (χ1) is 46.7. The predicted octanol–water partition coefficient (Wildman–Crippen LogP) is 23.8. The maximum atomic E-state index is 7.27. The number of hydrogen-bond donors (Lipinski definition) is 0. The zero-order valence-corrected chi connectivity index (χ0v) is 58.3. The van der Waals surface area contributed by atoms with Gasteiger partial charge >= 0.3 is 0 Å². The first-order valence-electron chi connectivity index (χ1n) is 37.3. The molecule has 6 fully saturated rings. The highest BCUT2D eigenvalue weighted by Gasteiger charge is 2.62. The molecule has 4 bridgehead atoms. The molecule has 480 valence electrons. The monoisotopic (exact) mass is 1270 g/mol. The maximum Gasteiger partial charge on any atom is 0.264 e. The molecule has 6 heteroatoms. The van der Waals surface area contributed by atoms with Gasteiger partial charge in [-0.15, -0.1) is 11.3 Å². The third kappa shape index (κ3) is 8.51. The Morgan fingerprint density at radius 1 is 0.490 bits per heavy atom. The van der Waals surface area contributed by atoms with Crippen LogP contribution in [-0.2, 0) is 21.7 Å². The number of fused-ring (bicyclic) bond motifs is 13. The summed E-state index contributed by atoms with van der Waals surface area (Å²) in [6.45, 7) is 17.3. The molecule has 0 radical (unpaired) electrons. The van der Waals surface area contributed by atoms with Crippen molar-refractivity contribution in [2.75, 3.05) is 14.7 Å². The number of benzene rings is 9. The number of anilines is 9. The molecule has 0 amide bonds. The van der Waals surface area contributed by atoms with E-state index in [1.165, 1.54) is 214 Å². The van der Waals surface area contributed by atoms with Crippen LogP contribution in [0.2, 0.25) is 0 Å². The van der Waals surface area contributed by atoms with Crippen LogP contribution in [0.4, 0.5) is 51.2 Å². The van der Waals surface area contributed by atoms with Gasteiger partial charge in [0, 0.05) is 70.9 Å². The highest BCUT2D eigenvalue weighted by molar-refractivity contribution is 7.33. The van der Waals surface area contributed by atoms with Crippen molar-refractivity contribution in [3.63, 3.8) is 0 Å². The Bertz CT molecular complexity index is 4910. The number of thiophene rings is 1. The molecule has 2 aliphatic heterocycles. The van der Waals surface area contributed by atoms with E-state index in [-0.39, 0.29) is 28.4 Å². The van der Waals surface area contributed by atoms with Gasteiger partial charge < -0.3 is 19.1 Å². The van der Waals surface area contributed by atoms with Crippen LogP contribution < -0.4 is 30.4 Å². The Morgan fingerprint density at radius 2 is 1.08 bits per heavy atom. The molecule has 2 aromatic heterocycles. The summed E-state index contributed by atoms with van der Waals surface area (Å²) in [6, 6.07) is 71.1. The Balaban J connectivity index is 0.862. The molecule has 10 aliphatic rings. The molecule has 6 saturated carbocycles. The largest absolute Gasteiger partial charge is 0.454 e. The normalized spacial score (nSPS) is 23.6. The van der Waals surface area contributed by atoms with Gasteiger partial charge in [0.2, 0.25) is 0 Å². The van der Waals surface area contributed by atoms with E-state index in [1.807, 2.05) is 0 Å². The topological polar surface area (TPSA) is 22.9 Å². The minimum atomic E-state index is -0.202. The maximum absolute atomic E-state index is 7.27. The number of para-hydroxylation sites is 2. The lowest BCUT2D eigenvalue weighted by molar-refractivity contribution is -0.0399. The van der Waals surface area contributed by atoms with E-state index in [2.05, 4.69) is 250 Å². The second-order valence-corrected chi connectivity index (χ2v) is 35.0. The predicted molar refractivity (Wildman–Crippen MR) is 407 cm³/mol. The Morgan fingerprint density at radius 3 is 1.75 bits per heavy atom. The van der Waals surface area contributed by atoms with E-state index in [9.17, 15) is 0 Å². The number of hydrogen-bond acceptors (Lipinski definition) is 5. The van der Waals surface area contributed by atoms with Crippen molar-refractivity contribution in [1.82, 2.24) is 0 Å². The summed E-state index contributed by atoms with van der Waals surface area (Å²) in [7, 11) is 0. The molecule has 4 heterocycles. The standard InChI is InChI=1S/C90H90BN3OS/c1-87(2,3)60-48-79-83-80(49-60)94(77-27-18-25-70-69-24-15-17-28-81(69)95-85(70)77)78-51-66(92(63-33-29-58(30-34-63)56-19-10-8-11-20-56)64-35-31-59(32-36-64)57-21-12-9-13-22-57)38-40-76(78)91(83)86-84(71-52-74-75(53-82(71)96-86)89(6,7)42-41-88(74,4)5)93(79)65-37-39-68-67-23-14-16-26-72(67)90(73(68)50-65)61-44-54-43-55(46-61)47-62(90)45-54/h14-18,23-40,48-57,61-62H,8-13,19-22,41-47H2,1-7H3. The summed E-state index contributed by atoms with van der Waals surface area (Å²) < 4.78 is 10.1. The summed E-state index contributed by atoms with van der Waals surface area (Å²) in [4.78, 5) is 8.09. The smallest absolute Gasteiger partial charge is 0.264 e. The molecule has 1 spiro atoms. The third-order valence-electron chi connectivity index (χ3n) is 26.6. The van der Waals surface area contributed by atoms with Gasteiger partial charge in [-0.3, -0.25) is 0 Å². The second-order valence-electron chi connectivity index (χ2n) is 33.9. The van der Waals surface area contributed by atoms with E-state index in [0.29, 0.717) is 23.7 Å². The molecular weight excluding hydrogens is 1180 g/mol. The van der Waals surface area contributed by atoms with Crippen molar-refractivity contribution in [2.45, 2.75) is 191 Å². The van der Waals surface area contributed by atoms with E-state index < -0.39 is 0 Å². The molecule has 8 aliphatic carbocycles. The number of rotatable bonds is 7. The van der Waals surface area contributed by atoms with Crippen molar-refractivity contribution in [1.29, 1.82) is 0 Å². The highest BCUT2D eigenvalue weighted by Crippen LogP contribution is 2.70. The van der Waals surface area contributed by atoms with Crippen LogP contribution in [0.3, 0.4) is 0 Å². The van der Waals surface area contributed by atoms with Crippen molar-refractivity contribution in [3.8, 4) is 11.1 Å². The van der Waals surface area contributed by atoms with Gasteiger partial charge in [0.05, 0.1) is 11.4 Å². The molecule has 0 saturated heterocycles. The fourth-order valence-electron chi connectivity index (χ4n) is 21.9. The number of nitrogens with zero attached hydrogens (tertiary/aromatic N) is 3. The first-order valence-corrected chi connectivity index (χ1v) is 38.2. The summed E-state index contributed by atoms with van der Waals surface area (Å²) >= 11 is 2.08. The van der Waals surface area contributed by atoms with E-state index in [1.54, 1.807) is 11.1 Å². The second kappa shape index (κ2) is 21.1. The summed E-state index contributed by atoms with van der Waals surface area (Å²) in [5.74, 6) is 4.32. The van der Waals surface area contributed by atoms with Crippen LogP contribution in [0.15, 0.2) is 180 Å². The van der Waals surface area contributed by atoms with Gasteiger partial charge in [0.1, 0.15) is 5.58 Å². The zero-order valence-electron chi connectivity index (χ0n) is 57.5. The summed E-state index contributed by atoms with van der Waals surface area (Å²) in [5, 5.41) is 3.68. The van der Waals surface area contributed by atoms with E-state index in [0.717, 1.165) is 45.1 Å². The molecule has 9 aromatic carbocycles. The molecular formula is C90H90BN3OS. The Hall–Kier alpha value is -7.80. The van der Waals surface area contributed by atoms with Gasteiger partial charge in [0.25, 0.3) is 6.71 Å². The van der Waals surface area contributed by atoms with Crippen molar-refractivity contribution in [3.05, 3.63) is 215 Å². The molecule has 0 unspecified atom stereocenters. The molecule has 4 nitrogen and oxygen atoms in total. The van der Waals surface area contributed by atoms with E-state index >= 15 is 0 Å². The molecule has 96 heavy (non-hydrogen) atoms. The zero-order chi connectivity index (χ0) is 64.3. The number of furan rings is 1. The quantitative estimate of drug-likeness (QED) is 0.148. The molecule has 21 rings (SSSR count). The van der Waals surface area contributed by atoms with Gasteiger partial charge in [-0.05, 0) is 268 Å². The molecule has 11 aromatic rings. The van der Waals surface area contributed by atoms with Gasteiger partial charge in [0.15, 0.2) is 5.58 Å². The van der Waals surface area contributed by atoms with Crippen LogP contribution >= 0.6 is 11.3 Å². The average Bonchev–Trinajstić information content (AvgIpc) is 1.42. The van der Waals surface area contributed by atoms with Crippen LogP contribution in [-0.4, -0.2) is 6.71 Å².